The van der Waals surface area contributed by atoms with E-state index >= 15 is 0 Å². The molecule has 0 bridgehead atoms. The van der Waals surface area contributed by atoms with E-state index in [1.807, 2.05) is 48.5 Å². The van der Waals surface area contributed by atoms with E-state index in [4.69, 9.17) is 4.42 Å². The number of rotatable bonds is 3. The molecule has 0 unspecified atom stereocenters. The van der Waals surface area contributed by atoms with Gasteiger partial charge in [-0.15, -0.1) is 0 Å². The van der Waals surface area contributed by atoms with Gasteiger partial charge in [-0.25, -0.2) is 0 Å². The van der Waals surface area contributed by atoms with Crippen LogP contribution in [0.2, 0.25) is 0 Å². The van der Waals surface area contributed by atoms with Crippen LogP contribution in [0.4, 0.5) is 25.2 Å². The maximum Gasteiger partial charge on any atom is 0.209 e. The van der Waals surface area contributed by atoms with Crippen molar-refractivity contribution in [1.82, 2.24) is 0 Å². The van der Waals surface area contributed by atoms with Crippen LogP contribution >= 0.6 is 7.81 Å². The molecule has 0 aliphatic heterocycles. The summed E-state index contributed by atoms with van der Waals surface area (Å²) in [4.78, 5) is 16.5. The van der Waals surface area contributed by atoms with Crippen LogP contribution < -0.4 is 5.43 Å². The Morgan fingerprint density at radius 2 is 1.03 bits per heavy atom. The van der Waals surface area contributed by atoms with Crippen molar-refractivity contribution in [3.63, 3.8) is 0 Å². The molecule has 0 N–H and O–H groups in total. The number of hydrogen-bond acceptors (Lipinski definition) is 2. The first kappa shape index (κ1) is 24.8. The minimum Gasteiger partial charge on any atom is -0.450 e. The summed E-state index contributed by atoms with van der Waals surface area (Å²) in [5.41, 5.74) is 1.31. The summed E-state index contributed by atoms with van der Waals surface area (Å²) >= 11 is 0. The summed E-state index contributed by atoms with van der Waals surface area (Å²) in [6, 6.07) is 34.1. The molecule has 182 valence electrons. The first-order valence-electron chi connectivity index (χ1n) is 10.1. The number of hydrogen-bond donors (Lipinski definition) is 0. The summed E-state index contributed by atoms with van der Waals surface area (Å²) in [6.07, 6.45) is 0. The Morgan fingerprint density at radius 1 is 0.571 bits per heavy atom. The predicted octanol–water partition coefficient (Wildman–Crippen LogP) is 9.42. The van der Waals surface area contributed by atoms with Gasteiger partial charge in [-0.05, 0) is 48.5 Å². The molecule has 0 aliphatic rings. The number of benzene rings is 4. The maximum absolute atomic E-state index is 13.1. The molecule has 0 saturated carbocycles. The fraction of sp³-hybridized carbons (Fsp3) is 0. The van der Waals surface area contributed by atoms with Crippen molar-refractivity contribution in [2.45, 2.75) is 14.7 Å². The quantitative estimate of drug-likeness (QED) is 0.101. The van der Waals surface area contributed by atoms with Gasteiger partial charge >= 0.3 is 33.0 Å². The number of fused-ring (bicyclic) bond motifs is 2. The number of para-hydroxylation sites is 2. The van der Waals surface area contributed by atoms with Gasteiger partial charge in [-0.3, -0.25) is 4.79 Å². The fourth-order valence-corrected chi connectivity index (χ4v) is 5.65. The van der Waals surface area contributed by atoms with Crippen LogP contribution in [0.25, 0.3) is 21.9 Å². The van der Waals surface area contributed by atoms with Crippen LogP contribution in [0.15, 0.2) is 127 Å². The zero-order valence-electron chi connectivity index (χ0n) is 17.8. The molecule has 0 radical (unpaired) electrons. The third-order valence-electron chi connectivity index (χ3n) is 4.74. The van der Waals surface area contributed by atoms with Crippen LogP contribution in [-0.4, -0.2) is 0 Å². The average molecular weight is 526 g/mol. The van der Waals surface area contributed by atoms with Crippen molar-refractivity contribution in [2.24, 2.45) is 0 Å². The van der Waals surface area contributed by atoms with Gasteiger partial charge in [-0.2, -0.15) is 0 Å². The van der Waals surface area contributed by atoms with Crippen LogP contribution in [-0.2, 0) is 10.9 Å². The molecule has 0 saturated heterocycles. The normalized spacial score (nSPS) is 13.7. The van der Waals surface area contributed by atoms with E-state index in [-0.39, 0.29) is 16.3 Å². The van der Waals surface area contributed by atoms with Gasteiger partial charge < -0.3 is 4.42 Å². The van der Waals surface area contributed by atoms with Crippen molar-refractivity contribution < 1.29 is 29.6 Å². The summed E-state index contributed by atoms with van der Waals surface area (Å²) in [5, 5.41) is 1.24. The molecule has 1 aromatic heterocycles. The van der Waals surface area contributed by atoms with Crippen LogP contribution in [0, 0.1) is 0 Å². The second-order valence-corrected chi connectivity index (χ2v) is 11.4. The minimum atomic E-state index is -10.7. The minimum absolute atomic E-state index is 0.0170. The SMILES string of the molecule is F[P-](F)(F)(F)(F)F.O=c1c2ccccc2oc2c([S+](c3ccccc3)c3ccccc3)cccc12. The Kier molecular flexibility index (Phi) is 5.98. The van der Waals surface area contributed by atoms with E-state index < -0.39 is 7.81 Å². The Bertz CT molecular complexity index is 1500. The zero-order valence-corrected chi connectivity index (χ0v) is 19.5. The van der Waals surface area contributed by atoms with Gasteiger partial charge in [0.2, 0.25) is 10.3 Å². The van der Waals surface area contributed by atoms with Crippen molar-refractivity contribution in [2.75, 3.05) is 0 Å². The van der Waals surface area contributed by atoms with Crippen LogP contribution in [0.5, 0.6) is 0 Å². The van der Waals surface area contributed by atoms with Crippen molar-refractivity contribution in [3.8, 4) is 0 Å². The Hall–Kier alpha value is -3.29. The smallest absolute Gasteiger partial charge is 0.209 e. The molecule has 10 heteroatoms. The predicted molar refractivity (Wildman–Crippen MR) is 129 cm³/mol. The first-order chi connectivity index (χ1) is 16.3. The van der Waals surface area contributed by atoms with E-state index in [1.165, 1.54) is 9.79 Å². The Labute approximate surface area is 198 Å². The fourth-order valence-electron chi connectivity index (χ4n) is 3.46. The summed E-state index contributed by atoms with van der Waals surface area (Å²) in [5.74, 6) is 0. The average Bonchev–Trinajstić information content (AvgIpc) is 2.79. The molecular weight excluding hydrogens is 509 g/mol. The second kappa shape index (κ2) is 8.43. The van der Waals surface area contributed by atoms with Crippen molar-refractivity contribution in [1.29, 1.82) is 0 Å². The Balaban J connectivity index is 0.000000364. The largest absolute Gasteiger partial charge is 0.450 e. The van der Waals surface area contributed by atoms with Crippen molar-refractivity contribution >= 4 is 40.6 Å². The Morgan fingerprint density at radius 3 is 1.57 bits per heavy atom. The summed E-state index contributed by atoms with van der Waals surface area (Å²) in [7, 11) is -11.0. The monoisotopic (exact) mass is 526 g/mol. The molecule has 35 heavy (non-hydrogen) atoms. The molecule has 0 fully saturated rings. The molecule has 0 spiro atoms. The third-order valence-corrected chi connectivity index (χ3v) is 6.99. The van der Waals surface area contributed by atoms with Gasteiger partial charge in [0.1, 0.15) is 16.5 Å². The molecule has 4 aromatic carbocycles. The zero-order chi connectivity index (χ0) is 25.3. The van der Waals surface area contributed by atoms with E-state index in [9.17, 15) is 30.0 Å². The standard InChI is InChI=1S/C25H17O2S.F6P/c26-24-20-14-7-8-16-22(20)27-25-21(24)15-9-17-23(25)28(18-10-3-1-4-11-18)19-12-5-2-6-13-19;1-7(2,3,4,5)6/h1-17H;/q+1;-1. The topological polar surface area (TPSA) is 30.2 Å². The second-order valence-electron chi connectivity index (χ2n) is 7.45. The van der Waals surface area contributed by atoms with Gasteiger partial charge in [0, 0.05) is 0 Å². The van der Waals surface area contributed by atoms with E-state index in [0.717, 1.165) is 4.90 Å². The van der Waals surface area contributed by atoms with E-state index in [2.05, 4.69) is 54.6 Å². The molecule has 5 aromatic rings. The molecule has 0 aliphatic carbocycles. The van der Waals surface area contributed by atoms with Gasteiger partial charge in [-0.1, -0.05) is 54.6 Å². The summed E-state index contributed by atoms with van der Waals surface area (Å²) < 4.78 is 65.5. The van der Waals surface area contributed by atoms with Gasteiger partial charge in [0.05, 0.1) is 10.8 Å². The van der Waals surface area contributed by atoms with Gasteiger partial charge in [0.25, 0.3) is 0 Å². The van der Waals surface area contributed by atoms with E-state index in [1.54, 1.807) is 0 Å². The molecule has 1 heterocycles. The first-order valence-corrected chi connectivity index (χ1v) is 13.4. The van der Waals surface area contributed by atoms with Crippen LogP contribution in [0.1, 0.15) is 0 Å². The van der Waals surface area contributed by atoms with Crippen LogP contribution in [0.3, 0.4) is 0 Å². The van der Waals surface area contributed by atoms with Crippen molar-refractivity contribution in [3.05, 3.63) is 113 Å². The molecule has 5 rings (SSSR count). The molecule has 2 nitrogen and oxygen atoms in total. The molecule has 0 amide bonds. The van der Waals surface area contributed by atoms with Gasteiger partial charge in [0.15, 0.2) is 15.4 Å². The maximum atomic E-state index is 13.1. The molecular formula is C25H17F6O2PS. The van der Waals surface area contributed by atoms with E-state index in [0.29, 0.717) is 21.9 Å². The third kappa shape index (κ3) is 6.65. The summed E-state index contributed by atoms with van der Waals surface area (Å²) in [6.45, 7) is 0. The number of halogens is 6. The molecule has 0 atom stereocenters.